The Balaban J connectivity index is 2.54. The number of nitriles is 4. The van der Waals surface area contributed by atoms with Crippen LogP contribution in [-0.4, -0.2) is 19.1 Å². The molecule has 2 unspecified atom stereocenters. The van der Waals surface area contributed by atoms with Crippen LogP contribution < -0.4 is 10.2 Å². The van der Waals surface area contributed by atoms with Crippen molar-refractivity contribution in [3.8, 4) is 24.3 Å². The number of fused-ring (bicyclic) bond motifs is 1. The molecule has 1 aliphatic rings. The molecular formula is C15H12N6. The molecule has 6 heteroatoms. The van der Waals surface area contributed by atoms with Crippen LogP contribution in [0.3, 0.4) is 0 Å². The molecule has 1 aliphatic heterocycles. The van der Waals surface area contributed by atoms with E-state index in [9.17, 15) is 10.5 Å². The van der Waals surface area contributed by atoms with Gasteiger partial charge >= 0.3 is 0 Å². The maximum atomic E-state index is 9.20. The number of nitrogens with one attached hydrogen (secondary N) is 1. The highest BCUT2D eigenvalue weighted by Gasteiger charge is 2.42. The van der Waals surface area contributed by atoms with Gasteiger partial charge in [0.25, 0.3) is 0 Å². The minimum Gasteiger partial charge on any atom is -0.376 e. The first-order valence-electron chi connectivity index (χ1n) is 6.34. The fraction of sp³-hybridized carbons (Fsp3) is 0.333. The first kappa shape index (κ1) is 14.2. The Morgan fingerprint density at radius 3 is 2.14 bits per heavy atom. The van der Waals surface area contributed by atoms with Crippen LogP contribution in [0.4, 0.5) is 11.4 Å². The highest BCUT2D eigenvalue weighted by molar-refractivity contribution is 5.73. The number of nitrogens with zero attached hydrogens (tertiary/aromatic N) is 5. The van der Waals surface area contributed by atoms with E-state index in [4.69, 9.17) is 10.5 Å². The maximum Gasteiger partial charge on any atom is 0.155 e. The number of likely N-dealkylation sites (N-methyl/N-ethyl adjacent to an activating group) is 1. The molecular weight excluding hydrogens is 264 g/mol. The molecule has 0 spiro atoms. The lowest BCUT2D eigenvalue weighted by Gasteiger charge is -2.43. The van der Waals surface area contributed by atoms with Gasteiger partial charge in [-0.1, -0.05) is 12.1 Å². The van der Waals surface area contributed by atoms with Crippen LogP contribution in [0.1, 0.15) is 0 Å². The summed E-state index contributed by atoms with van der Waals surface area (Å²) in [6.45, 7) is 0. The molecule has 2 rings (SSSR count). The Morgan fingerprint density at radius 2 is 1.57 bits per heavy atom. The molecule has 0 radical (unpaired) electrons. The number of anilines is 2. The molecule has 6 nitrogen and oxygen atoms in total. The maximum absolute atomic E-state index is 9.20. The number of hydrogen-bond donors (Lipinski definition) is 1. The van der Waals surface area contributed by atoms with Gasteiger partial charge < -0.3 is 10.2 Å². The van der Waals surface area contributed by atoms with Crippen LogP contribution in [-0.2, 0) is 0 Å². The van der Waals surface area contributed by atoms with Crippen LogP contribution in [0.25, 0.3) is 0 Å². The molecule has 0 fully saturated rings. The van der Waals surface area contributed by atoms with Gasteiger partial charge in [0.2, 0.25) is 0 Å². The zero-order valence-electron chi connectivity index (χ0n) is 11.4. The second kappa shape index (κ2) is 5.83. The van der Waals surface area contributed by atoms with E-state index in [0.717, 1.165) is 11.4 Å². The Morgan fingerprint density at radius 1 is 1.00 bits per heavy atom. The van der Waals surface area contributed by atoms with Gasteiger partial charge in [-0.2, -0.15) is 21.0 Å². The minimum atomic E-state index is -0.949. The van der Waals surface area contributed by atoms with Crippen molar-refractivity contribution in [2.75, 3.05) is 17.3 Å². The monoisotopic (exact) mass is 276 g/mol. The molecule has 0 amide bonds. The summed E-state index contributed by atoms with van der Waals surface area (Å²) in [4.78, 5) is 1.80. The Bertz CT molecular complexity index is 671. The second-order valence-corrected chi connectivity index (χ2v) is 4.76. The zero-order valence-corrected chi connectivity index (χ0v) is 11.4. The SMILES string of the molecule is CN1c2ccccc2NC(C(C#N)C#N)C1C(C#N)C#N. The van der Waals surface area contributed by atoms with Crippen LogP contribution in [0.5, 0.6) is 0 Å². The van der Waals surface area contributed by atoms with Crippen molar-refractivity contribution >= 4 is 11.4 Å². The molecule has 0 aromatic heterocycles. The van der Waals surface area contributed by atoms with Crippen molar-refractivity contribution in [2.24, 2.45) is 11.8 Å². The van der Waals surface area contributed by atoms with E-state index in [0.29, 0.717) is 0 Å². The first-order chi connectivity index (χ1) is 10.2. The molecule has 21 heavy (non-hydrogen) atoms. The van der Waals surface area contributed by atoms with E-state index in [-0.39, 0.29) is 0 Å². The van der Waals surface area contributed by atoms with Crippen LogP contribution >= 0.6 is 0 Å². The van der Waals surface area contributed by atoms with Gasteiger partial charge in [-0.15, -0.1) is 0 Å². The summed E-state index contributed by atoms with van der Waals surface area (Å²) in [6.07, 6.45) is 0. The zero-order chi connectivity index (χ0) is 15.4. The summed E-state index contributed by atoms with van der Waals surface area (Å²) < 4.78 is 0. The second-order valence-electron chi connectivity index (χ2n) is 4.76. The van der Waals surface area contributed by atoms with Crippen molar-refractivity contribution in [2.45, 2.75) is 12.1 Å². The van der Waals surface area contributed by atoms with Crippen LogP contribution in [0, 0.1) is 57.2 Å². The summed E-state index contributed by atoms with van der Waals surface area (Å²) in [7, 11) is 1.77. The number of rotatable bonds is 2. The van der Waals surface area contributed by atoms with Gasteiger partial charge in [-0.05, 0) is 12.1 Å². The molecule has 1 aromatic rings. The molecule has 1 aromatic carbocycles. The molecule has 1 N–H and O–H groups in total. The van der Waals surface area contributed by atoms with E-state index in [1.54, 1.807) is 11.9 Å². The third kappa shape index (κ3) is 2.32. The summed E-state index contributed by atoms with van der Waals surface area (Å²) in [5.41, 5.74) is 1.62. The van der Waals surface area contributed by atoms with Crippen molar-refractivity contribution < 1.29 is 0 Å². The van der Waals surface area contributed by atoms with Crippen molar-refractivity contribution in [3.63, 3.8) is 0 Å². The van der Waals surface area contributed by atoms with Crippen molar-refractivity contribution in [1.82, 2.24) is 0 Å². The predicted octanol–water partition coefficient (Wildman–Crippen LogP) is 1.61. The lowest BCUT2D eigenvalue weighted by Crippen LogP contribution is -2.55. The summed E-state index contributed by atoms with van der Waals surface area (Å²) in [5.74, 6) is -1.89. The standard InChI is InChI=1S/C15H12N6/c1-21-13-5-3-2-4-12(13)20-14(10(6-16)7-17)15(21)11(8-18)9-19/h2-5,10-11,14-15,20H,1H3. The average molecular weight is 276 g/mol. The largest absolute Gasteiger partial charge is 0.376 e. The number of para-hydroxylation sites is 2. The molecule has 0 saturated heterocycles. The lowest BCUT2D eigenvalue weighted by atomic mass is 9.84. The van der Waals surface area contributed by atoms with Crippen LogP contribution in [0.2, 0.25) is 0 Å². The quantitative estimate of drug-likeness (QED) is 0.878. The van der Waals surface area contributed by atoms with Gasteiger partial charge in [-0.3, -0.25) is 0 Å². The molecule has 0 saturated carbocycles. The first-order valence-corrected chi connectivity index (χ1v) is 6.34. The van der Waals surface area contributed by atoms with E-state index >= 15 is 0 Å². The van der Waals surface area contributed by atoms with Crippen LogP contribution in [0.15, 0.2) is 24.3 Å². The molecule has 1 heterocycles. The van der Waals surface area contributed by atoms with Gasteiger partial charge in [0, 0.05) is 7.05 Å². The van der Waals surface area contributed by atoms with E-state index < -0.39 is 23.9 Å². The molecule has 102 valence electrons. The summed E-state index contributed by atoms with van der Waals surface area (Å²) in [5, 5.41) is 39.9. The predicted molar refractivity (Wildman–Crippen MR) is 75.5 cm³/mol. The normalized spacial score (nSPS) is 19.7. The van der Waals surface area contributed by atoms with Gasteiger partial charge in [0.05, 0.1) is 47.7 Å². The van der Waals surface area contributed by atoms with Gasteiger partial charge in [0.1, 0.15) is 0 Å². The van der Waals surface area contributed by atoms with Gasteiger partial charge in [-0.25, -0.2) is 0 Å². The highest BCUT2D eigenvalue weighted by atomic mass is 15.2. The van der Waals surface area contributed by atoms with E-state index in [2.05, 4.69) is 5.32 Å². The highest BCUT2D eigenvalue weighted by Crippen LogP contribution is 2.36. The van der Waals surface area contributed by atoms with Crippen molar-refractivity contribution in [3.05, 3.63) is 24.3 Å². The molecule has 2 atom stereocenters. The smallest absolute Gasteiger partial charge is 0.155 e. The van der Waals surface area contributed by atoms with Crippen molar-refractivity contribution in [1.29, 1.82) is 21.0 Å². The molecule has 0 aliphatic carbocycles. The topological polar surface area (TPSA) is 110 Å². The fourth-order valence-electron chi connectivity index (χ4n) is 2.65. The Kier molecular flexibility index (Phi) is 3.94. The number of benzene rings is 1. The summed E-state index contributed by atoms with van der Waals surface area (Å²) >= 11 is 0. The third-order valence-electron chi connectivity index (χ3n) is 3.68. The molecule has 0 bridgehead atoms. The Hall–Kier alpha value is -3.22. The minimum absolute atomic E-state index is 0.570. The lowest BCUT2D eigenvalue weighted by molar-refractivity contribution is 0.443. The van der Waals surface area contributed by atoms with Gasteiger partial charge in [0.15, 0.2) is 11.8 Å². The van der Waals surface area contributed by atoms with E-state index in [1.165, 1.54) is 0 Å². The number of hydrogen-bond acceptors (Lipinski definition) is 6. The third-order valence-corrected chi connectivity index (χ3v) is 3.68. The average Bonchev–Trinajstić information content (AvgIpc) is 2.52. The van der Waals surface area contributed by atoms with E-state index in [1.807, 2.05) is 48.5 Å². The fourth-order valence-corrected chi connectivity index (χ4v) is 2.65. The Labute approximate surface area is 123 Å². The summed E-state index contributed by atoms with van der Waals surface area (Å²) in [6, 6.07) is 14.0.